The van der Waals surface area contributed by atoms with E-state index in [0.717, 1.165) is 11.4 Å². The minimum absolute atomic E-state index is 0.174. The minimum atomic E-state index is 0.174. The first-order valence-electron chi connectivity index (χ1n) is 4.76. The molecule has 2 N–H and O–H groups in total. The summed E-state index contributed by atoms with van der Waals surface area (Å²) < 4.78 is 0. The summed E-state index contributed by atoms with van der Waals surface area (Å²) >= 11 is 0. The van der Waals surface area contributed by atoms with Crippen molar-refractivity contribution in [2.24, 2.45) is 5.73 Å². The van der Waals surface area contributed by atoms with E-state index < -0.39 is 0 Å². The maximum atomic E-state index is 5.79. The molecule has 1 aliphatic rings. The lowest BCUT2D eigenvalue weighted by Gasteiger charge is -2.40. The highest BCUT2D eigenvalue weighted by Gasteiger charge is 2.38. The van der Waals surface area contributed by atoms with Crippen LogP contribution in [0.4, 0.5) is 0 Å². The summed E-state index contributed by atoms with van der Waals surface area (Å²) in [6.07, 6.45) is 5.28. The fourth-order valence-corrected chi connectivity index (χ4v) is 1.91. The second-order valence-electron chi connectivity index (χ2n) is 3.88. The molecule has 0 aliphatic heterocycles. The number of hydrogen-bond donors (Lipinski definition) is 1. The van der Waals surface area contributed by atoms with E-state index in [1.165, 1.54) is 19.3 Å². The molecule has 1 aromatic heterocycles. The van der Waals surface area contributed by atoms with Crippen LogP contribution in [0.3, 0.4) is 0 Å². The quantitative estimate of drug-likeness (QED) is 0.737. The fourth-order valence-electron chi connectivity index (χ4n) is 1.91. The van der Waals surface area contributed by atoms with Crippen LogP contribution in [-0.2, 0) is 5.41 Å². The molecule has 0 spiro atoms. The molecule has 0 saturated heterocycles. The smallest absolute Gasteiger partial charge is 0.115 e. The van der Waals surface area contributed by atoms with E-state index in [-0.39, 0.29) is 5.41 Å². The normalized spacial score (nSPS) is 19.5. The zero-order valence-corrected chi connectivity index (χ0v) is 7.95. The summed E-state index contributed by atoms with van der Waals surface area (Å²) in [5.41, 5.74) is 8.13. The lowest BCUT2D eigenvalue weighted by atomic mass is 9.66. The van der Waals surface area contributed by atoms with Gasteiger partial charge in [0.25, 0.3) is 0 Å². The molecule has 1 aromatic rings. The van der Waals surface area contributed by atoms with Gasteiger partial charge in [-0.1, -0.05) is 6.42 Å². The SMILES string of the molecule is Cc1cc(C2(CN)CCC2)ncn1. The van der Waals surface area contributed by atoms with E-state index in [0.29, 0.717) is 6.54 Å². The van der Waals surface area contributed by atoms with Gasteiger partial charge in [-0.3, -0.25) is 0 Å². The number of nitrogens with two attached hydrogens (primary N) is 1. The standard InChI is InChI=1S/C10H15N3/c1-8-5-9(13-7-12-8)10(6-11)3-2-4-10/h5,7H,2-4,6,11H2,1H3. The largest absolute Gasteiger partial charge is 0.330 e. The molecule has 70 valence electrons. The Morgan fingerprint density at radius 1 is 1.46 bits per heavy atom. The first-order chi connectivity index (χ1) is 6.27. The Labute approximate surface area is 78.4 Å². The Kier molecular flexibility index (Phi) is 2.04. The average molecular weight is 177 g/mol. The van der Waals surface area contributed by atoms with Gasteiger partial charge in [0.1, 0.15) is 6.33 Å². The summed E-state index contributed by atoms with van der Waals surface area (Å²) in [7, 11) is 0. The van der Waals surface area contributed by atoms with E-state index in [9.17, 15) is 0 Å². The molecule has 1 fully saturated rings. The van der Waals surface area contributed by atoms with E-state index in [1.54, 1.807) is 6.33 Å². The Bertz CT molecular complexity index is 299. The van der Waals surface area contributed by atoms with Crippen LogP contribution in [0, 0.1) is 6.92 Å². The van der Waals surface area contributed by atoms with Crippen molar-refractivity contribution in [2.45, 2.75) is 31.6 Å². The third-order valence-electron chi connectivity index (χ3n) is 3.05. The van der Waals surface area contributed by atoms with Crippen molar-refractivity contribution < 1.29 is 0 Å². The van der Waals surface area contributed by atoms with Crippen molar-refractivity contribution in [3.05, 3.63) is 23.8 Å². The molecule has 3 nitrogen and oxygen atoms in total. The summed E-state index contributed by atoms with van der Waals surface area (Å²) in [5.74, 6) is 0. The minimum Gasteiger partial charge on any atom is -0.330 e. The monoisotopic (exact) mass is 177 g/mol. The van der Waals surface area contributed by atoms with Gasteiger partial charge in [0.2, 0.25) is 0 Å². The summed E-state index contributed by atoms with van der Waals surface area (Å²) in [6.45, 7) is 2.71. The van der Waals surface area contributed by atoms with Gasteiger partial charge in [-0.15, -0.1) is 0 Å². The van der Waals surface area contributed by atoms with Crippen LogP contribution in [0.2, 0.25) is 0 Å². The highest BCUT2D eigenvalue weighted by Crippen LogP contribution is 2.41. The van der Waals surface area contributed by atoms with Crippen molar-refractivity contribution in [1.29, 1.82) is 0 Å². The van der Waals surface area contributed by atoms with Crippen molar-refractivity contribution in [3.63, 3.8) is 0 Å². The maximum Gasteiger partial charge on any atom is 0.115 e. The van der Waals surface area contributed by atoms with Gasteiger partial charge in [-0.2, -0.15) is 0 Å². The van der Waals surface area contributed by atoms with Crippen molar-refractivity contribution in [3.8, 4) is 0 Å². The topological polar surface area (TPSA) is 51.8 Å². The third kappa shape index (κ3) is 1.33. The van der Waals surface area contributed by atoms with Gasteiger partial charge in [-0.25, -0.2) is 9.97 Å². The van der Waals surface area contributed by atoms with Crippen LogP contribution in [-0.4, -0.2) is 16.5 Å². The number of aryl methyl sites for hydroxylation is 1. The van der Waals surface area contributed by atoms with Crippen LogP contribution in [0.15, 0.2) is 12.4 Å². The summed E-state index contributed by atoms with van der Waals surface area (Å²) in [5, 5.41) is 0. The first-order valence-corrected chi connectivity index (χ1v) is 4.76. The van der Waals surface area contributed by atoms with E-state index in [4.69, 9.17) is 5.73 Å². The Morgan fingerprint density at radius 2 is 2.23 bits per heavy atom. The van der Waals surface area contributed by atoms with Gasteiger partial charge < -0.3 is 5.73 Å². The molecule has 1 saturated carbocycles. The summed E-state index contributed by atoms with van der Waals surface area (Å²) in [4.78, 5) is 8.41. The molecule has 0 atom stereocenters. The van der Waals surface area contributed by atoms with E-state index >= 15 is 0 Å². The first kappa shape index (κ1) is 8.63. The molecule has 0 radical (unpaired) electrons. The second-order valence-corrected chi connectivity index (χ2v) is 3.88. The third-order valence-corrected chi connectivity index (χ3v) is 3.05. The van der Waals surface area contributed by atoms with Crippen LogP contribution >= 0.6 is 0 Å². The lowest BCUT2D eigenvalue weighted by Crippen LogP contribution is -2.42. The molecule has 0 unspecified atom stereocenters. The number of aromatic nitrogens is 2. The van der Waals surface area contributed by atoms with E-state index in [1.807, 2.05) is 6.92 Å². The van der Waals surface area contributed by atoms with Gasteiger partial charge >= 0.3 is 0 Å². The fraction of sp³-hybridized carbons (Fsp3) is 0.600. The number of hydrogen-bond acceptors (Lipinski definition) is 3. The van der Waals surface area contributed by atoms with Crippen LogP contribution in [0.1, 0.15) is 30.7 Å². The van der Waals surface area contributed by atoms with Crippen LogP contribution < -0.4 is 5.73 Å². The Balaban J connectivity index is 2.33. The molecule has 3 heteroatoms. The van der Waals surface area contributed by atoms with Gasteiger partial charge in [0.15, 0.2) is 0 Å². The van der Waals surface area contributed by atoms with Crippen molar-refractivity contribution in [2.75, 3.05) is 6.54 Å². The second kappa shape index (κ2) is 3.07. The Morgan fingerprint density at radius 3 is 2.69 bits per heavy atom. The number of nitrogens with zero attached hydrogens (tertiary/aromatic N) is 2. The highest BCUT2D eigenvalue weighted by atomic mass is 14.9. The molecule has 0 aromatic carbocycles. The molecule has 1 aliphatic carbocycles. The molecular formula is C10H15N3. The lowest BCUT2D eigenvalue weighted by molar-refractivity contribution is 0.245. The van der Waals surface area contributed by atoms with E-state index in [2.05, 4.69) is 16.0 Å². The highest BCUT2D eigenvalue weighted by molar-refractivity contribution is 5.22. The Hall–Kier alpha value is -0.960. The van der Waals surface area contributed by atoms with Crippen LogP contribution in [0.5, 0.6) is 0 Å². The van der Waals surface area contributed by atoms with Crippen molar-refractivity contribution in [1.82, 2.24) is 9.97 Å². The molecular weight excluding hydrogens is 162 g/mol. The maximum absolute atomic E-state index is 5.79. The predicted molar refractivity (Wildman–Crippen MR) is 51.4 cm³/mol. The molecule has 0 bridgehead atoms. The van der Waals surface area contributed by atoms with Crippen molar-refractivity contribution >= 4 is 0 Å². The zero-order chi connectivity index (χ0) is 9.31. The van der Waals surface area contributed by atoms with Gasteiger partial charge in [0, 0.05) is 17.7 Å². The summed E-state index contributed by atoms with van der Waals surface area (Å²) in [6, 6.07) is 2.06. The molecule has 1 heterocycles. The zero-order valence-electron chi connectivity index (χ0n) is 7.95. The molecule has 0 amide bonds. The van der Waals surface area contributed by atoms with Gasteiger partial charge in [0.05, 0.1) is 5.69 Å². The molecule has 2 rings (SSSR count). The van der Waals surface area contributed by atoms with Gasteiger partial charge in [-0.05, 0) is 25.8 Å². The predicted octanol–water partition coefficient (Wildman–Crippen LogP) is 1.17. The number of rotatable bonds is 2. The average Bonchev–Trinajstić information content (AvgIpc) is 2.03. The molecule has 13 heavy (non-hydrogen) atoms. The van der Waals surface area contributed by atoms with Crippen LogP contribution in [0.25, 0.3) is 0 Å².